The molecule has 8 heteroatoms. The van der Waals surface area contributed by atoms with Crippen molar-refractivity contribution >= 4 is 24.2 Å². The molecule has 0 aliphatic carbocycles. The van der Waals surface area contributed by atoms with E-state index in [2.05, 4.69) is 36.4 Å². The SMILES string of the molecule is C/C=C(\N=CCNC=O)c1cccc(CO)c1.C1CCOC1.CCNC(=O)c1ccn(C(C)(C)C)c1. The number of nitrogens with one attached hydrogen (secondary N) is 2. The van der Waals surface area contributed by atoms with E-state index in [-0.39, 0.29) is 18.1 Å². The van der Waals surface area contributed by atoms with Gasteiger partial charge in [-0.1, -0.05) is 24.3 Å². The van der Waals surface area contributed by atoms with Crippen molar-refractivity contribution in [2.24, 2.45) is 4.99 Å². The maximum Gasteiger partial charge on any atom is 0.252 e. The van der Waals surface area contributed by atoms with Gasteiger partial charge in [0.15, 0.2) is 0 Å². The van der Waals surface area contributed by atoms with Crippen molar-refractivity contribution < 1.29 is 19.4 Å². The van der Waals surface area contributed by atoms with E-state index in [1.807, 2.05) is 67.2 Å². The van der Waals surface area contributed by atoms with E-state index in [0.717, 1.165) is 35.6 Å². The molecule has 3 rings (SSSR count). The second-order valence-corrected chi connectivity index (χ2v) is 9.03. The van der Waals surface area contributed by atoms with Crippen LogP contribution in [0.15, 0.2) is 53.8 Å². The van der Waals surface area contributed by atoms with Gasteiger partial charge in [-0.25, -0.2) is 0 Å². The smallest absolute Gasteiger partial charge is 0.252 e. The molecule has 0 spiro atoms. The van der Waals surface area contributed by atoms with E-state index in [1.54, 1.807) is 6.21 Å². The van der Waals surface area contributed by atoms with Crippen LogP contribution in [0.1, 0.15) is 68.9 Å². The van der Waals surface area contributed by atoms with Gasteiger partial charge in [-0.05, 0) is 65.2 Å². The Morgan fingerprint density at radius 2 is 1.92 bits per heavy atom. The highest BCUT2D eigenvalue weighted by Crippen LogP contribution is 2.17. The van der Waals surface area contributed by atoms with E-state index in [9.17, 15) is 9.59 Å². The number of aromatic nitrogens is 1. The summed E-state index contributed by atoms with van der Waals surface area (Å²) in [6, 6.07) is 9.40. The lowest BCUT2D eigenvalue weighted by molar-refractivity contribution is -0.109. The molecule has 8 nitrogen and oxygen atoms in total. The third-order valence-corrected chi connectivity index (χ3v) is 5.10. The van der Waals surface area contributed by atoms with Crippen LogP contribution < -0.4 is 10.6 Å². The predicted molar refractivity (Wildman–Crippen MR) is 146 cm³/mol. The minimum atomic E-state index is -0.00417. The molecule has 0 atom stereocenters. The Kier molecular flexibility index (Phi) is 14.8. The van der Waals surface area contributed by atoms with Crippen molar-refractivity contribution in [1.82, 2.24) is 15.2 Å². The molecule has 0 radical (unpaired) electrons. The molecule has 1 aliphatic heterocycles. The Bertz CT molecular complexity index is 962. The highest BCUT2D eigenvalue weighted by Gasteiger charge is 2.14. The number of rotatable bonds is 8. The lowest BCUT2D eigenvalue weighted by Crippen LogP contribution is -2.23. The lowest BCUT2D eigenvalue weighted by Gasteiger charge is -2.20. The summed E-state index contributed by atoms with van der Waals surface area (Å²) in [7, 11) is 0. The molecule has 1 saturated heterocycles. The zero-order valence-electron chi connectivity index (χ0n) is 22.3. The highest BCUT2D eigenvalue weighted by molar-refractivity contribution is 5.94. The van der Waals surface area contributed by atoms with Crippen LogP contribution in [-0.4, -0.2) is 54.5 Å². The first kappa shape index (κ1) is 30.8. The predicted octanol–water partition coefficient (Wildman–Crippen LogP) is 4.15. The molecule has 1 fully saturated rings. The summed E-state index contributed by atoms with van der Waals surface area (Å²) < 4.78 is 6.98. The third-order valence-electron chi connectivity index (χ3n) is 5.10. The Hall–Kier alpha value is -3.23. The van der Waals surface area contributed by atoms with Crippen molar-refractivity contribution in [3.63, 3.8) is 0 Å². The topological polar surface area (TPSA) is 105 Å². The summed E-state index contributed by atoms with van der Waals surface area (Å²) in [5.74, 6) is -0.00417. The lowest BCUT2D eigenvalue weighted by atomic mass is 10.1. The van der Waals surface area contributed by atoms with Crippen LogP contribution in [-0.2, 0) is 21.7 Å². The van der Waals surface area contributed by atoms with Crippen LogP contribution in [0.2, 0.25) is 0 Å². The number of allylic oxidation sites excluding steroid dienone is 1. The van der Waals surface area contributed by atoms with Gasteiger partial charge in [-0.15, -0.1) is 0 Å². The van der Waals surface area contributed by atoms with Crippen LogP contribution >= 0.6 is 0 Å². The number of aliphatic hydroxyl groups is 1. The summed E-state index contributed by atoms with van der Waals surface area (Å²) in [6.07, 6.45) is 10.5. The molecule has 2 heterocycles. The fraction of sp³-hybridized carbons (Fsp3) is 0.464. The number of carbonyl (C=O) groups is 2. The first-order valence-corrected chi connectivity index (χ1v) is 12.4. The number of aliphatic hydroxyl groups excluding tert-OH is 1. The number of amides is 2. The fourth-order valence-electron chi connectivity index (χ4n) is 3.11. The van der Waals surface area contributed by atoms with E-state index in [4.69, 9.17) is 9.84 Å². The van der Waals surface area contributed by atoms with Gasteiger partial charge in [-0.3, -0.25) is 14.6 Å². The second kappa shape index (κ2) is 17.2. The number of ether oxygens (including phenoxy) is 1. The normalized spacial score (nSPS) is 13.3. The second-order valence-electron chi connectivity index (χ2n) is 9.03. The quantitative estimate of drug-likeness (QED) is 0.289. The highest BCUT2D eigenvalue weighted by atomic mass is 16.5. The van der Waals surface area contributed by atoms with Crippen molar-refractivity contribution in [3.8, 4) is 0 Å². The first-order valence-electron chi connectivity index (χ1n) is 12.4. The van der Waals surface area contributed by atoms with Crippen LogP contribution in [0.4, 0.5) is 0 Å². The molecular weight excluding hydrogens is 456 g/mol. The van der Waals surface area contributed by atoms with E-state index < -0.39 is 0 Å². The molecule has 1 aromatic carbocycles. The molecule has 0 bridgehead atoms. The monoisotopic (exact) mass is 498 g/mol. The molecule has 198 valence electrons. The Balaban J connectivity index is 0.000000305. The zero-order valence-corrected chi connectivity index (χ0v) is 22.3. The number of carbonyl (C=O) groups excluding carboxylic acids is 2. The van der Waals surface area contributed by atoms with Crippen molar-refractivity contribution in [1.29, 1.82) is 0 Å². The molecule has 0 saturated carbocycles. The molecular formula is C28H42N4O4. The van der Waals surface area contributed by atoms with Crippen molar-refractivity contribution in [2.75, 3.05) is 26.3 Å². The molecule has 2 amide bonds. The van der Waals surface area contributed by atoms with Crippen molar-refractivity contribution in [2.45, 2.75) is 59.6 Å². The number of aliphatic imine (C=N–C) groups is 1. The average molecular weight is 499 g/mol. The van der Waals surface area contributed by atoms with Gasteiger partial charge in [0, 0.05) is 49.5 Å². The third kappa shape index (κ3) is 12.0. The molecule has 2 aromatic rings. The molecule has 1 aliphatic rings. The van der Waals surface area contributed by atoms with Crippen LogP contribution in [0.5, 0.6) is 0 Å². The molecule has 0 unspecified atom stereocenters. The molecule has 1 aromatic heterocycles. The zero-order chi connectivity index (χ0) is 26.8. The summed E-state index contributed by atoms with van der Waals surface area (Å²) in [5, 5.41) is 14.3. The van der Waals surface area contributed by atoms with Gasteiger partial charge < -0.3 is 25.0 Å². The minimum Gasteiger partial charge on any atom is -0.392 e. The summed E-state index contributed by atoms with van der Waals surface area (Å²) in [5.41, 5.74) is 3.37. The first-order chi connectivity index (χ1) is 17.3. The van der Waals surface area contributed by atoms with E-state index in [0.29, 0.717) is 19.5 Å². The molecule has 36 heavy (non-hydrogen) atoms. The van der Waals surface area contributed by atoms with Gasteiger partial charge in [0.1, 0.15) is 0 Å². The largest absolute Gasteiger partial charge is 0.392 e. The summed E-state index contributed by atoms with van der Waals surface area (Å²) in [4.78, 5) is 25.8. The number of nitrogens with zero attached hydrogens (tertiary/aromatic N) is 2. The van der Waals surface area contributed by atoms with E-state index >= 15 is 0 Å². The van der Waals surface area contributed by atoms with Crippen molar-refractivity contribution in [3.05, 3.63) is 65.5 Å². The van der Waals surface area contributed by atoms with E-state index in [1.165, 1.54) is 12.8 Å². The minimum absolute atomic E-state index is 0.00417. The van der Waals surface area contributed by atoms with Gasteiger partial charge in [-0.2, -0.15) is 0 Å². The maximum absolute atomic E-state index is 11.5. The fourth-order valence-corrected chi connectivity index (χ4v) is 3.11. The Labute approximate surface area is 215 Å². The maximum atomic E-state index is 11.5. The van der Waals surface area contributed by atoms with Gasteiger partial charge >= 0.3 is 0 Å². The van der Waals surface area contributed by atoms with Gasteiger partial charge in [0.25, 0.3) is 5.91 Å². The van der Waals surface area contributed by atoms with Gasteiger partial charge in [0.05, 0.1) is 24.4 Å². The number of hydrogen-bond donors (Lipinski definition) is 3. The van der Waals surface area contributed by atoms with Crippen LogP contribution in [0.25, 0.3) is 5.70 Å². The number of benzene rings is 1. The molecule has 3 N–H and O–H groups in total. The average Bonchev–Trinajstić information content (AvgIpc) is 3.60. The summed E-state index contributed by atoms with van der Waals surface area (Å²) >= 11 is 0. The Morgan fingerprint density at radius 1 is 1.19 bits per heavy atom. The number of hydrogen-bond acceptors (Lipinski definition) is 5. The standard InChI is InChI=1S/C13H16N2O2.C11H18N2O.C4H8O/c1-2-13(15-7-6-14-10-17)12-5-3-4-11(8-12)9-16;1-5-12-10(14)9-6-7-13(8-9)11(2,3)4;1-2-4-5-3-1/h2-5,7-8,10,16H,6,9H2,1H3,(H,14,17);6-8H,5H2,1-4H3,(H,12,14);1-4H2/b13-2-,15-7?;;. The summed E-state index contributed by atoms with van der Waals surface area (Å²) in [6.45, 7) is 13.2. The van der Waals surface area contributed by atoms with Gasteiger partial charge in [0.2, 0.25) is 6.41 Å². The van der Waals surface area contributed by atoms with Crippen LogP contribution in [0, 0.1) is 0 Å². The van der Waals surface area contributed by atoms with Crippen LogP contribution in [0.3, 0.4) is 0 Å². The Morgan fingerprint density at radius 3 is 2.42 bits per heavy atom.